The van der Waals surface area contributed by atoms with Gasteiger partial charge in [-0.3, -0.25) is 0 Å². The Hall–Kier alpha value is -1.18. The van der Waals surface area contributed by atoms with Crippen LogP contribution in [0, 0.1) is 5.41 Å². The fourth-order valence-corrected chi connectivity index (χ4v) is 1.36. The molecule has 1 aromatic carbocycles. The summed E-state index contributed by atoms with van der Waals surface area (Å²) in [5.41, 5.74) is 0.878. The molecule has 0 fully saturated rings. The second kappa shape index (κ2) is 3.52. The third-order valence-electron chi connectivity index (χ3n) is 2.78. The van der Waals surface area contributed by atoms with Crippen molar-refractivity contribution >= 4 is 0 Å². The molecule has 0 aliphatic carbocycles. The second-order valence-electron chi connectivity index (χ2n) is 4.83. The molecule has 1 aromatic rings. The van der Waals surface area contributed by atoms with Crippen molar-refractivity contribution in [3.63, 3.8) is 0 Å². The number of phenolic OH excluding ortho intramolecular Hbond substituents is 2. The van der Waals surface area contributed by atoms with E-state index in [2.05, 4.69) is 27.7 Å². The Labute approximate surface area is 85.2 Å². The minimum Gasteiger partial charge on any atom is -0.508 e. The Balaban J connectivity index is 3.12. The quantitative estimate of drug-likeness (QED) is 0.674. The number of hydrogen-bond donors (Lipinski definition) is 2. The van der Waals surface area contributed by atoms with Gasteiger partial charge in [0, 0.05) is 5.56 Å². The van der Waals surface area contributed by atoms with E-state index in [4.69, 9.17) is 0 Å². The smallest absolute Gasteiger partial charge is 0.119 e. The Morgan fingerprint density at radius 3 is 2.21 bits per heavy atom. The molecule has 1 atom stereocenters. The zero-order valence-corrected chi connectivity index (χ0v) is 9.20. The normalized spacial score (nSPS) is 14.0. The average Bonchev–Trinajstić information content (AvgIpc) is 2.06. The number of phenols is 2. The van der Waals surface area contributed by atoms with Gasteiger partial charge >= 0.3 is 0 Å². The lowest BCUT2D eigenvalue weighted by atomic mass is 9.77. The van der Waals surface area contributed by atoms with Crippen molar-refractivity contribution < 1.29 is 10.2 Å². The molecule has 2 N–H and O–H groups in total. The summed E-state index contributed by atoms with van der Waals surface area (Å²) in [5, 5.41) is 19.0. The molecule has 0 aliphatic rings. The maximum Gasteiger partial charge on any atom is 0.119 e. The fraction of sp³-hybridized carbons (Fsp3) is 0.500. The van der Waals surface area contributed by atoms with Gasteiger partial charge in [-0.2, -0.15) is 0 Å². The highest BCUT2D eigenvalue weighted by atomic mass is 16.3. The number of rotatable bonds is 1. The summed E-state index contributed by atoms with van der Waals surface area (Å²) < 4.78 is 0. The summed E-state index contributed by atoms with van der Waals surface area (Å²) >= 11 is 0. The van der Waals surface area contributed by atoms with Crippen molar-refractivity contribution in [3.8, 4) is 11.5 Å². The monoisotopic (exact) mass is 194 g/mol. The van der Waals surface area contributed by atoms with Crippen LogP contribution in [0.15, 0.2) is 18.2 Å². The minimum absolute atomic E-state index is 0.0747. The predicted molar refractivity (Wildman–Crippen MR) is 57.6 cm³/mol. The molecule has 0 heterocycles. The van der Waals surface area contributed by atoms with Crippen LogP contribution in [0.3, 0.4) is 0 Å². The molecule has 0 spiro atoms. The molecule has 2 heteroatoms. The van der Waals surface area contributed by atoms with E-state index in [0.29, 0.717) is 0 Å². The van der Waals surface area contributed by atoms with Gasteiger partial charge in [-0.05, 0) is 29.5 Å². The van der Waals surface area contributed by atoms with Crippen LogP contribution in [0.2, 0.25) is 0 Å². The lowest BCUT2D eigenvalue weighted by molar-refractivity contribution is 0.328. The highest BCUT2D eigenvalue weighted by molar-refractivity contribution is 5.41. The predicted octanol–water partition coefficient (Wildman–Crippen LogP) is 3.25. The van der Waals surface area contributed by atoms with Crippen LogP contribution in [0.25, 0.3) is 0 Å². The van der Waals surface area contributed by atoms with Crippen LogP contribution in [0.5, 0.6) is 11.5 Å². The Morgan fingerprint density at radius 1 is 1.14 bits per heavy atom. The first-order valence-electron chi connectivity index (χ1n) is 4.84. The molecule has 0 saturated heterocycles. The maximum absolute atomic E-state index is 9.66. The zero-order chi connectivity index (χ0) is 10.9. The lowest BCUT2D eigenvalue weighted by Gasteiger charge is -2.28. The van der Waals surface area contributed by atoms with Crippen LogP contribution in [0.1, 0.15) is 39.2 Å². The van der Waals surface area contributed by atoms with Crippen molar-refractivity contribution in [1.82, 2.24) is 0 Å². The Kier molecular flexibility index (Phi) is 2.74. The van der Waals surface area contributed by atoms with Crippen LogP contribution in [-0.4, -0.2) is 10.2 Å². The van der Waals surface area contributed by atoms with Crippen molar-refractivity contribution in [3.05, 3.63) is 23.8 Å². The Bertz CT molecular complexity index is 324. The summed E-state index contributed by atoms with van der Waals surface area (Å²) in [6.45, 7) is 8.39. The summed E-state index contributed by atoms with van der Waals surface area (Å²) in [6, 6.07) is 4.66. The maximum atomic E-state index is 9.66. The molecule has 2 nitrogen and oxygen atoms in total. The summed E-state index contributed by atoms with van der Waals surface area (Å²) in [5.74, 6) is 0.661. The average molecular weight is 194 g/mol. The zero-order valence-electron chi connectivity index (χ0n) is 9.20. The highest BCUT2D eigenvalue weighted by Crippen LogP contribution is 2.39. The summed E-state index contributed by atoms with van der Waals surface area (Å²) in [6.07, 6.45) is 0. The Morgan fingerprint density at radius 2 is 1.71 bits per heavy atom. The molecule has 1 unspecified atom stereocenters. The van der Waals surface area contributed by atoms with E-state index in [1.54, 1.807) is 6.07 Å². The number of hydrogen-bond acceptors (Lipinski definition) is 2. The van der Waals surface area contributed by atoms with Gasteiger partial charge in [0.25, 0.3) is 0 Å². The van der Waals surface area contributed by atoms with E-state index < -0.39 is 0 Å². The largest absolute Gasteiger partial charge is 0.508 e. The van der Waals surface area contributed by atoms with Gasteiger partial charge < -0.3 is 10.2 Å². The standard InChI is InChI=1S/C12H18O2/c1-8(12(2,3)4)10-7-9(13)5-6-11(10)14/h5-8,13-14H,1-4H3. The summed E-state index contributed by atoms with van der Waals surface area (Å²) in [4.78, 5) is 0. The molecule has 0 aromatic heterocycles. The van der Waals surface area contributed by atoms with Crippen LogP contribution in [-0.2, 0) is 0 Å². The van der Waals surface area contributed by atoms with Gasteiger partial charge in [0.1, 0.15) is 11.5 Å². The molecule has 14 heavy (non-hydrogen) atoms. The highest BCUT2D eigenvalue weighted by Gasteiger charge is 2.24. The first-order valence-corrected chi connectivity index (χ1v) is 4.84. The molecular formula is C12H18O2. The molecule has 1 rings (SSSR count). The van der Waals surface area contributed by atoms with Crippen molar-refractivity contribution in [2.24, 2.45) is 5.41 Å². The molecule has 0 radical (unpaired) electrons. The second-order valence-corrected chi connectivity index (χ2v) is 4.83. The molecular weight excluding hydrogens is 176 g/mol. The molecule has 0 saturated carbocycles. The lowest BCUT2D eigenvalue weighted by Crippen LogP contribution is -2.15. The van der Waals surface area contributed by atoms with Gasteiger partial charge in [-0.1, -0.05) is 27.7 Å². The van der Waals surface area contributed by atoms with E-state index >= 15 is 0 Å². The van der Waals surface area contributed by atoms with Crippen molar-refractivity contribution in [2.45, 2.75) is 33.6 Å². The molecule has 0 aliphatic heterocycles. The third kappa shape index (κ3) is 2.19. The number of aromatic hydroxyl groups is 2. The van der Waals surface area contributed by atoms with Gasteiger partial charge in [0.05, 0.1) is 0 Å². The van der Waals surface area contributed by atoms with E-state index in [9.17, 15) is 10.2 Å². The van der Waals surface area contributed by atoms with Crippen LogP contribution < -0.4 is 0 Å². The van der Waals surface area contributed by atoms with E-state index in [-0.39, 0.29) is 22.8 Å². The van der Waals surface area contributed by atoms with Crippen LogP contribution >= 0.6 is 0 Å². The molecule has 0 amide bonds. The fourth-order valence-electron chi connectivity index (χ4n) is 1.36. The van der Waals surface area contributed by atoms with Gasteiger partial charge in [-0.15, -0.1) is 0 Å². The van der Waals surface area contributed by atoms with E-state index in [1.807, 2.05) is 0 Å². The first kappa shape index (κ1) is 10.9. The van der Waals surface area contributed by atoms with Crippen LogP contribution in [0.4, 0.5) is 0 Å². The van der Waals surface area contributed by atoms with Gasteiger partial charge in [0.15, 0.2) is 0 Å². The van der Waals surface area contributed by atoms with Crippen molar-refractivity contribution in [1.29, 1.82) is 0 Å². The van der Waals surface area contributed by atoms with Crippen molar-refractivity contribution in [2.75, 3.05) is 0 Å². The van der Waals surface area contributed by atoms with Gasteiger partial charge in [-0.25, -0.2) is 0 Å². The SMILES string of the molecule is CC(c1cc(O)ccc1O)C(C)(C)C. The minimum atomic E-state index is 0.0747. The van der Waals surface area contributed by atoms with Gasteiger partial charge in [0.2, 0.25) is 0 Å². The van der Waals surface area contributed by atoms with E-state index in [1.165, 1.54) is 12.1 Å². The first-order chi connectivity index (χ1) is 6.32. The topological polar surface area (TPSA) is 40.5 Å². The number of benzene rings is 1. The van der Waals surface area contributed by atoms with E-state index in [0.717, 1.165) is 5.56 Å². The third-order valence-corrected chi connectivity index (χ3v) is 2.78. The molecule has 78 valence electrons. The molecule has 0 bridgehead atoms. The summed E-state index contributed by atoms with van der Waals surface area (Å²) in [7, 11) is 0.